The Bertz CT molecular complexity index is 360. The van der Waals surface area contributed by atoms with Crippen LogP contribution >= 0.6 is 11.6 Å². The highest BCUT2D eigenvalue weighted by Gasteiger charge is 2.06. The van der Waals surface area contributed by atoms with Crippen molar-refractivity contribution in [2.75, 3.05) is 38.8 Å². The van der Waals surface area contributed by atoms with Gasteiger partial charge in [0.1, 0.15) is 0 Å². The van der Waals surface area contributed by atoms with Gasteiger partial charge in [-0.05, 0) is 18.6 Å². The maximum atomic E-state index is 9.70. The van der Waals surface area contributed by atoms with E-state index in [1.54, 1.807) is 7.11 Å². The Labute approximate surface area is 113 Å². The lowest BCUT2D eigenvalue weighted by Gasteiger charge is -2.14. The molecule has 0 aliphatic heterocycles. The number of halogens is 1. The fourth-order valence-corrected chi connectivity index (χ4v) is 1.63. The summed E-state index contributed by atoms with van der Waals surface area (Å²) in [5.74, 6) is 0. The van der Waals surface area contributed by atoms with E-state index in [2.05, 4.69) is 5.32 Å². The van der Waals surface area contributed by atoms with Crippen LogP contribution in [0.25, 0.3) is 0 Å². The summed E-state index contributed by atoms with van der Waals surface area (Å²) in [6.45, 7) is 3.64. The second-order valence-electron chi connectivity index (χ2n) is 4.04. The number of aliphatic hydroxyl groups excluding tert-OH is 1. The van der Waals surface area contributed by atoms with Crippen molar-refractivity contribution in [3.8, 4) is 0 Å². The van der Waals surface area contributed by atoms with E-state index in [1.807, 2.05) is 25.1 Å². The minimum absolute atomic E-state index is 0.278. The normalized spacial score (nSPS) is 12.4. The predicted octanol–water partition coefficient (Wildman–Crippen LogP) is 2.08. The molecule has 4 nitrogen and oxygen atoms in total. The molecular formula is C13H20ClNO3. The van der Waals surface area contributed by atoms with Gasteiger partial charge in [0.25, 0.3) is 0 Å². The lowest BCUT2D eigenvalue weighted by molar-refractivity contribution is 0.0182. The third-order valence-electron chi connectivity index (χ3n) is 2.46. The molecule has 0 saturated carbocycles. The molecule has 1 unspecified atom stereocenters. The van der Waals surface area contributed by atoms with Gasteiger partial charge in [0.15, 0.2) is 0 Å². The lowest BCUT2D eigenvalue weighted by atomic mass is 10.2. The Morgan fingerprint density at radius 2 is 2.17 bits per heavy atom. The molecule has 0 aliphatic rings. The second-order valence-corrected chi connectivity index (χ2v) is 4.42. The smallest absolute Gasteiger partial charge is 0.0945 e. The average Bonchev–Trinajstić information content (AvgIpc) is 2.36. The zero-order valence-electron chi connectivity index (χ0n) is 10.8. The van der Waals surface area contributed by atoms with Crippen molar-refractivity contribution in [3.63, 3.8) is 0 Å². The van der Waals surface area contributed by atoms with E-state index >= 15 is 0 Å². The molecule has 5 heteroatoms. The first kappa shape index (κ1) is 15.2. The third-order valence-corrected chi connectivity index (χ3v) is 2.96. The van der Waals surface area contributed by atoms with Crippen LogP contribution in [0.5, 0.6) is 0 Å². The van der Waals surface area contributed by atoms with E-state index in [1.165, 1.54) is 0 Å². The molecule has 0 bridgehead atoms. The van der Waals surface area contributed by atoms with Crippen molar-refractivity contribution in [2.45, 2.75) is 13.0 Å². The van der Waals surface area contributed by atoms with E-state index in [-0.39, 0.29) is 6.61 Å². The highest BCUT2D eigenvalue weighted by molar-refractivity contribution is 6.33. The number of rotatable bonds is 8. The van der Waals surface area contributed by atoms with Crippen LogP contribution < -0.4 is 5.32 Å². The van der Waals surface area contributed by atoms with Crippen LogP contribution in [0.4, 0.5) is 5.69 Å². The second kappa shape index (κ2) is 8.32. The Hall–Kier alpha value is -0.810. The van der Waals surface area contributed by atoms with Crippen molar-refractivity contribution in [1.29, 1.82) is 0 Å². The molecule has 0 spiro atoms. The minimum atomic E-state index is -0.571. The fraction of sp³-hybridized carbons (Fsp3) is 0.538. The van der Waals surface area contributed by atoms with Crippen LogP contribution in [-0.4, -0.2) is 44.7 Å². The summed E-state index contributed by atoms with van der Waals surface area (Å²) in [7, 11) is 1.61. The molecule has 1 aromatic carbocycles. The summed E-state index contributed by atoms with van der Waals surface area (Å²) in [5, 5.41) is 13.5. The first-order valence-electron chi connectivity index (χ1n) is 5.89. The van der Waals surface area contributed by atoms with Crippen LogP contribution in [-0.2, 0) is 9.47 Å². The van der Waals surface area contributed by atoms with Crippen LogP contribution in [0.15, 0.2) is 18.2 Å². The number of methoxy groups -OCH3 is 1. The minimum Gasteiger partial charge on any atom is -0.389 e. The number of nitrogens with one attached hydrogen (secondary N) is 1. The summed E-state index contributed by atoms with van der Waals surface area (Å²) in [4.78, 5) is 0. The van der Waals surface area contributed by atoms with Gasteiger partial charge in [-0.25, -0.2) is 0 Å². The molecule has 0 radical (unpaired) electrons. The SMILES string of the molecule is COCCOCC(O)CNc1cccc(C)c1Cl. The maximum absolute atomic E-state index is 9.70. The van der Waals surface area contributed by atoms with Gasteiger partial charge in [0, 0.05) is 13.7 Å². The standard InChI is InChI=1S/C13H20ClNO3/c1-10-4-3-5-12(13(10)14)15-8-11(16)9-18-7-6-17-2/h3-5,11,15-16H,6-9H2,1-2H3. The summed E-state index contributed by atoms with van der Waals surface area (Å²) in [6.07, 6.45) is -0.571. The Kier molecular flexibility index (Phi) is 7.05. The van der Waals surface area contributed by atoms with Gasteiger partial charge >= 0.3 is 0 Å². The number of hydrogen-bond acceptors (Lipinski definition) is 4. The Morgan fingerprint density at radius 3 is 2.89 bits per heavy atom. The molecule has 102 valence electrons. The Morgan fingerprint density at radius 1 is 1.39 bits per heavy atom. The number of aliphatic hydroxyl groups is 1. The lowest BCUT2D eigenvalue weighted by Crippen LogP contribution is -2.25. The van der Waals surface area contributed by atoms with E-state index in [9.17, 15) is 5.11 Å². The maximum Gasteiger partial charge on any atom is 0.0945 e. The molecule has 1 atom stereocenters. The molecule has 0 aromatic heterocycles. The van der Waals surface area contributed by atoms with Crippen molar-refractivity contribution in [3.05, 3.63) is 28.8 Å². The highest BCUT2D eigenvalue weighted by atomic mass is 35.5. The molecule has 18 heavy (non-hydrogen) atoms. The van der Waals surface area contributed by atoms with Gasteiger partial charge in [0.2, 0.25) is 0 Å². The van der Waals surface area contributed by atoms with Crippen molar-refractivity contribution >= 4 is 17.3 Å². The van der Waals surface area contributed by atoms with Crippen molar-refractivity contribution in [1.82, 2.24) is 0 Å². The van der Waals surface area contributed by atoms with E-state index < -0.39 is 6.10 Å². The number of anilines is 1. The summed E-state index contributed by atoms with van der Waals surface area (Å²) < 4.78 is 10.1. The third kappa shape index (κ3) is 5.23. The molecule has 1 rings (SSSR count). The van der Waals surface area contributed by atoms with Crippen molar-refractivity contribution in [2.24, 2.45) is 0 Å². The van der Waals surface area contributed by atoms with E-state index in [0.717, 1.165) is 11.3 Å². The van der Waals surface area contributed by atoms with Gasteiger partial charge in [-0.3, -0.25) is 0 Å². The molecule has 0 heterocycles. The zero-order chi connectivity index (χ0) is 13.4. The van der Waals surface area contributed by atoms with Gasteiger partial charge in [0.05, 0.1) is 36.6 Å². The largest absolute Gasteiger partial charge is 0.389 e. The average molecular weight is 274 g/mol. The predicted molar refractivity (Wildman–Crippen MR) is 73.4 cm³/mol. The van der Waals surface area contributed by atoms with Gasteiger partial charge < -0.3 is 19.9 Å². The number of hydrogen-bond donors (Lipinski definition) is 2. The monoisotopic (exact) mass is 273 g/mol. The topological polar surface area (TPSA) is 50.7 Å². The molecular weight excluding hydrogens is 254 g/mol. The van der Waals surface area contributed by atoms with Crippen LogP contribution in [0.3, 0.4) is 0 Å². The number of benzene rings is 1. The van der Waals surface area contributed by atoms with Crippen LogP contribution in [0, 0.1) is 6.92 Å². The molecule has 1 aromatic rings. The van der Waals surface area contributed by atoms with E-state index in [0.29, 0.717) is 24.8 Å². The summed E-state index contributed by atoms with van der Waals surface area (Å²) in [6, 6.07) is 5.75. The van der Waals surface area contributed by atoms with E-state index in [4.69, 9.17) is 21.1 Å². The molecule has 0 aliphatic carbocycles. The first-order valence-corrected chi connectivity index (χ1v) is 6.26. The molecule has 0 fully saturated rings. The van der Waals surface area contributed by atoms with Crippen LogP contribution in [0.1, 0.15) is 5.56 Å². The fourth-order valence-electron chi connectivity index (χ4n) is 1.43. The Balaban J connectivity index is 2.29. The molecule has 0 saturated heterocycles. The van der Waals surface area contributed by atoms with Gasteiger partial charge in [-0.2, -0.15) is 0 Å². The number of aryl methyl sites for hydroxylation is 1. The highest BCUT2D eigenvalue weighted by Crippen LogP contribution is 2.24. The van der Waals surface area contributed by atoms with Gasteiger partial charge in [-0.15, -0.1) is 0 Å². The zero-order valence-corrected chi connectivity index (χ0v) is 11.5. The molecule has 0 amide bonds. The first-order chi connectivity index (χ1) is 8.65. The molecule has 2 N–H and O–H groups in total. The van der Waals surface area contributed by atoms with Crippen LogP contribution in [0.2, 0.25) is 5.02 Å². The summed E-state index contributed by atoms with van der Waals surface area (Å²) >= 11 is 6.13. The number of ether oxygens (including phenoxy) is 2. The van der Waals surface area contributed by atoms with Gasteiger partial charge in [-0.1, -0.05) is 23.7 Å². The van der Waals surface area contributed by atoms with Crippen molar-refractivity contribution < 1.29 is 14.6 Å². The summed E-state index contributed by atoms with van der Waals surface area (Å²) in [5.41, 5.74) is 1.83. The quantitative estimate of drug-likeness (QED) is 0.712.